The molecule has 1 saturated carbocycles. The first-order valence-corrected chi connectivity index (χ1v) is 6.93. The lowest BCUT2D eigenvalue weighted by Crippen LogP contribution is -2.26. The van der Waals surface area contributed by atoms with Crippen LogP contribution in [-0.2, 0) is 0 Å². The van der Waals surface area contributed by atoms with Gasteiger partial charge in [-0.1, -0.05) is 19.8 Å². The summed E-state index contributed by atoms with van der Waals surface area (Å²) in [5, 5.41) is 12.5. The smallest absolute Gasteiger partial charge is 0.337 e. The van der Waals surface area contributed by atoms with E-state index in [-0.39, 0.29) is 0 Å². The van der Waals surface area contributed by atoms with Gasteiger partial charge in [0.1, 0.15) is 0 Å². The zero-order chi connectivity index (χ0) is 13.9. The molecular weight excluding hydrogens is 240 g/mol. The van der Waals surface area contributed by atoms with Gasteiger partial charge in [0.15, 0.2) is 0 Å². The number of nitrogen functional groups attached to an aromatic ring is 1. The van der Waals surface area contributed by atoms with Crippen LogP contribution in [0, 0.1) is 5.41 Å². The van der Waals surface area contributed by atoms with Gasteiger partial charge < -0.3 is 16.2 Å². The first kappa shape index (κ1) is 13.7. The fraction of sp³-hybridized carbons (Fsp3) is 0.533. The molecular formula is C15H22N2O2. The molecule has 0 bridgehead atoms. The molecule has 4 heteroatoms. The first-order valence-electron chi connectivity index (χ1n) is 6.93. The van der Waals surface area contributed by atoms with E-state index in [0.29, 0.717) is 22.4 Å². The summed E-state index contributed by atoms with van der Waals surface area (Å²) in [5.74, 6) is -0.917. The number of nitrogens with two attached hydrogens (primary N) is 1. The van der Waals surface area contributed by atoms with Crippen molar-refractivity contribution in [1.82, 2.24) is 0 Å². The number of carboxylic acids is 1. The van der Waals surface area contributed by atoms with Crippen LogP contribution in [0.2, 0.25) is 0 Å². The van der Waals surface area contributed by atoms with Crippen molar-refractivity contribution in [3.63, 3.8) is 0 Å². The number of carbonyl (C=O) groups is 1. The fourth-order valence-electron chi connectivity index (χ4n) is 2.96. The van der Waals surface area contributed by atoms with Crippen LogP contribution < -0.4 is 11.1 Å². The van der Waals surface area contributed by atoms with Crippen LogP contribution in [0.3, 0.4) is 0 Å². The lowest BCUT2D eigenvalue weighted by atomic mass is 9.83. The number of carboxylic acid groups (broad SMARTS) is 1. The Hall–Kier alpha value is -1.71. The summed E-state index contributed by atoms with van der Waals surface area (Å²) < 4.78 is 0. The maximum absolute atomic E-state index is 11.2. The van der Waals surface area contributed by atoms with Gasteiger partial charge in [0.2, 0.25) is 0 Å². The standard InChI is InChI=1S/C15H22N2O2/c1-2-15(7-3-4-8-15)10-17-13-9-11(16)5-6-12(13)14(18)19/h5-6,9,17H,2-4,7-8,10,16H2,1H3,(H,18,19). The summed E-state index contributed by atoms with van der Waals surface area (Å²) >= 11 is 0. The molecule has 0 radical (unpaired) electrons. The second-order valence-corrected chi connectivity index (χ2v) is 5.52. The molecule has 1 aromatic carbocycles. The lowest BCUT2D eigenvalue weighted by molar-refractivity contribution is 0.0698. The zero-order valence-corrected chi connectivity index (χ0v) is 11.4. The largest absolute Gasteiger partial charge is 0.478 e. The molecule has 0 aliphatic heterocycles. The van der Waals surface area contributed by atoms with Crippen molar-refractivity contribution in [3.8, 4) is 0 Å². The summed E-state index contributed by atoms with van der Waals surface area (Å²) in [7, 11) is 0. The van der Waals surface area contributed by atoms with Crippen molar-refractivity contribution in [2.75, 3.05) is 17.6 Å². The molecule has 4 nitrogen and oxygen atoms in total. The van der Waals surface area contributed by atoms with E-state index in [1.54, 1.807) is 18.2 Å². The number of hydrogen-bond donors (Lipinski definition) is 3. The summed E-state index contributed by atoms with van der Waals surface area (Å²) in [4.78, 5) is 11.2. The van der Waals surface area contributed by atoms with Crippen LogP contribution in [0.4, 0.5) is 11.4 Å². The molecule has 0 saturated heterocycles. The highest BCUT2D eigenvalue weighted by Crippen LogP contribution is 2.41. The van der Waals surface area contributed by atoms with Crippen molar-refractivity contribution >= 4 is 17.3 Å². The molecule has 0 heterocycles. The molecule has 19 heavy (non-hydrogen) atoms. The molecule has 0 spiro atoms. The molecule has 4 N–H and O–H groups in total. The van der Waals surface area contributed by atoms with Gasteiger partial charge >= 0.3 is 5.97 Å². The highest BCUT2D eigenvalue weighted by molar-refractivity contribution is 5.95. The Labute approximate surface area is 114 Å². The van der Waals surface area contributed by atoms with Gasteiger partial charge in [0.25, 0.3) is 0 Å². The molecule has 1 fully saturated rings. The number of hydrogen-bond acceptors (Lipinski definition) is 3. The predicted molar refractivity (Wildman–Crippen MR) is 77.5 cm³/mol. The van der Waals surface area contributed by atoms with Gasteiger partial charge in [-0.2, -0.15) is 0 Å². The van der Waals surface area contributed by atoms with Crippen molar-refractivity contribution in [2.24, 2.45) is 5.41 Å². The van der Waals surface area contributed by atoms with Gasteiger partial charge in [-0.25, -0.2) is 4.79 Å². The molecule has 2 rings (SSSR count). The maximum atomic E-state index is 11.2. The molecule has 0 unspecified atom stereocenters. The van der Waals surface area contributed by atoms with Crippen molar-refractivity contribution in [1.29, 1.82) is 0 Å². The lowest BCUT2D eigenvalue weighted by Gasteiger charge is -2.28. The van der Waals surface area contributed by atoms with Crippen LogP contribution in [-0.4, -0.2) is 17.6 Å². The Morgan fingerprint density at radius 2 is 2.11 bits per heavy atom. The zero-order valence-electron chi connectivity index (χ0n) is 11.4. The van der Waals surface area contributed by atoms with Crippen molar-refractivity contribution in [3.05, 3.63) is 23.8 Å². The van der Waals surface area contributed by atoms with E-state index < -0.39 is 5.97 Å². The highest BCUT2D eigenvalue weighted by Gasteiger charge is 2.31. The topological polar surface area (TPSA) is 75.3 Å². The van der Waals surface area contributed by atoms with E-state index in [0.717, 1.165) is 13.0 Å². The van der Waals surface area contributed by atoms with Crippen molar-refractivity contribution in [2.45, 2.75) is 39.0 Å². The van der Waals surface area contributed by atoms with Crippen LogP contribution in [0.25, 0.3) is 0 Å². The predicted octanol–water partition coefficient (Wildman–Crippen LogP) is 3.35. The monoisotopic (exact) mass is 262 g/mol. The van der Waals surface area contributed by atoms with E-state index >= 15 is 0 Å². The average molecular weight is 262 g/mol. The number of benzene rings is 1. The molecule has 104 valence electrons. The summed E-state index contributed by atoms with van der Waals surface area (Å²) in [6.45, 7) is 3.04. The Bertz CT molecular complexity index is 465. The summed E-state index contributed by atoms with van der Waals surface area (Å²) in [6, 6.07) is 4.90. The van der Waals surface area contributed by atoms with Crippen LogP contribution in [0.1, 0.15) is 49.4 Å². The normalized spacial score (nSPS) is 17.3. The van der Waals surface area contributed by atoms with Crippen LogP contribution in [0.5, 0.6) is 0 Å². The van der Waals surface area contributed by atoms with Gasteiger partial charge in [0.05, 0.1) is 11.3 Å². The van der Waals surface area contributed by atoms with Crippen LogP contribution in [0.15, 0.2) is 18.2 Å². The van der Waals surface area contributed by atoms with E-state index in [2.05, 4.69) is 12.2 Å². The second kappa shape index (κ2) is 5.51. The minimum atomic E-state index is -0.917. The first-order chi connectivity index (χ1) is 9.06. The second-order valence-electron chi connectivity index (χ2n) is 5.52. The molecule has 1 aliphatic carbocycles. The van der Waals surface area contributed by atoms with Gasteiger partial charge in [-0.15, -0.1) is 0 Å². The molecule has 0 amide bonds. The summed E-state index contributed by atoms with van der Waals surface area (Å²) in [6.07, 6.45) is 6.13. The van der Waals surface area contributed by atoms with Gasteiger partial charge in [-0.3, -0.25) is 0 Å². The van der Waals surface area contributed by atoms with E-state index in [1.165, 1.54) is 25.7 Å². The third-order valence-electron chi connectivity index (χ3n) is 4.34. The maximum Gasteiger partial charge on any atom is 0.337 e. The number of rotatable bonds is 5. The van der Waals surface area contributed by atoms with Crippen molar-refractivity contribution < 1.29 is 9.90 Å². The van der Waals surface area contributed by atoms with E-state index in [9.17, 15) is 9.90 Å². The van der Waals surface area contributed by atoms with Gasteiger partial charge in [0, 0.05) is 12.2 Å². The third kappa shape index (κ3) is 3.00. The van der Waals surface area contributed by atoms with E-state index in [1.807, 2.05) is 0 Å². The Morgan fingerprint density at radius 1 is 1.42 bits per heavy atom. The highest BCUT2D eigenvalue weighted by atomic mass is 16.4. The quantitative estimate of drug-likeness (QED) is 0.711. The minimum absolute atomic E-state index is 0.290. The molecule has 1 aromatic rings. The van der Waals surface area contributed by atoms with Gasteiger partial charge in [-0.05, 0) is 42.9 Å². The van der Waals surface area contributed by atoms with Crippen LogP contribution >= 0.6 is 0 Å². The van der Waals surface area contributed by atoms with E-state index in [4.69, 9.17) is 5.73 Å². The Balaban J connectivity index is 2.14. The number of anilines is 2. The minimum Gasteiger partial charge on any atom is -0.478 e. The number of aromatic carboxylic acids is 1. The summed E-state index contributed by atoms with van der Waals surface area (Å²) in [5.41, 5.74) is 7.57. The number of nitrogens with one attached hydrogen (secondary N) is 1. The Morgan fingerprint density at radius 3 is 2.68 bits per heavy atom. The average Bonchev–Trinajstić information content (AvgIpc) is 2.85. The molecule has 0 aromatic heterocycles. The molecule has 0 atom stereocenters. The Kier molecular flexibility index (Phi) is 3.98. The molecule has 1 aliphatic rings. The third-order valence-corrected chi connectivity index (χ3v) is 4.34. The fourth-order valence-corrected chi connectivity index (χ4v) is 2.96. The SMILES string of the molecule is CCC1(CNc2cc(N)ccc2C(=O)O)CCCC1.